The Hall–Kier alpha value is -3.15. The molecule has 0 spiro atoms. The van der Waals surface area contributed by atoms with Crippen molar-refractivity contribution in [3.63, 3.8) is 0 Å². The number of methoxy groups -OCH3 is 1. The Morgan fingerprint density at radius 1 is 0.903 bits per heavy atom. The predicted molar refractivity (Wildman–Crippen MR) is 126 cm³/mol. The summed E-state index contributed by atoms with van der Waals surface area (Å²) in [5.74, 6) is 0.860. The van der Waals surface area contributed by atoms with Gasteiger partial charge in [-0.05, 0) is 41.9 Å². The molecule has 5 rings (SSSR count). The molecule has 0 amide bonds. The quantitative estimate of drug-likeness (QED) is 0.518. The van der Waals surface area contributed by atoms with E-state index in [2.05, 4.69) is 69.3 Å². The van der Waals surface area contributed by atoms with E-state index in [0.29, 0.717) is 0 Å². The number of hydrogen-bond donors (Lipinski definition) is 1. The molecular weight excluding hydrogens is 384 g/mol. The lowest BCUT2D eigenvalue weighted by molar-refractivity contribution is 0.148. The van der Waals surface area contributed by atoms with Gasteiger partial charge in [0, 0.05) is 61.6 Å². The number of pyridine rings is 1. The zero-order valence-electron chi connectivity index (χ0n) is 18.1. The molecule has 158 valence electrons. The summed E-state index contributed by atoms with van der Waals surface area (Å²) in [6.45, 7) is 5.60. The van der Waals surface area contributed by atoms with E-state index in [-0.39, 0.29) is 0 Å². The number of fused-ring (bicyclic) bond motifs is 1. The van der Waals surface area contributed by atoms with E-state index >= 15 is 0 Å². The summed E-state index contributed by atoms with van der Waals surface area (Å²) >= 11 is 0. The second kappa shape index (κ2) is 8.53. The van der Waals surface area contributed by atoms with Crippen LogP contribution in [0.1, 0.15) is 5.56 Å². The molecule has 0 unspecified atom stereocenters. The molecule has 5 heteroatoms. The number of ether oxygens (including phenoxy) is 1. The number of piperazine rings is 1. The van der Waals surface area contributed by atoms with Gasteiger partial charge in [0.1, 0.15) is 11.4 Å². The Labute approximate surface area is 183 Å². The SMILES string of the molecule is COc1ccc(-c2c[nH]c3ncc(-c4ccc(CN5CCN(C)CC5)cc4)cc23)cc1. The molecule has 1 fully saturated rings. The van der Waals surface area contributed by atoms with E-state index in [4.69, 9.17) is 4.74 Å². The van der Waals surface area contributed by atoms with Crippen LogP contribution in [0.25, 0.3) is 33.3 Å². The maximum Gasteiger partial charge on any atom is 0.137 e. The maximum absolute atomic E-state index is 5.29. The molecule has 4 aromatic rings. The van der Waals surface area contributed by atoms with Crippen molar-refractivity contribution in [2.45, 2.75) is 6.54 Å². The van der Waals surface area contributed by atoms with Crippen LogP contribution >= 0.6 is 0 Å². The summed E-state index contributed by atoms with van der Waals surface area (Å²) in [4.78, 5) is 12.9. The third-order valence-electron chi connectivity index (χ3n) is 6.22. The van der Waals surface area contributed by atoms with Crippen LogP contribution in [0.4, 0.5) is 0 Å². The first-order valence-electron chi connectivity index (χ1n) is 10.8. The molecule has 0 saturated carbocycles. The van der Waals surface area contributed by atoms with Gasteiger partial charge in [-0.25, -0.2) is 4.98 Å². The van der Waals surface area contributed by atoms with Crippen molar-refractivity contribution < 1.29 is 4.74 Å². The molecule has 1 N–H and O–H groups in total. The van der Waals surface area contributed by atoms with Crippen LogP contribution in [0, 0.1) is 0 Å². The Morgan fingerprint density at radius 3 is 2.32 bits per heavy atom. The van der Waals surface area contributed by atoms with Crippen molar-refractivity contribution in [1.82, 2.24) is 19.8 Å². The molecule has 0 aliphatic carbocycles. The van der Waals surface area contributed by atoms with E-state index in [9.17, 15) is 0 Å². The number of nitrogens with one attached hydrogen (secondary N) is 1. The lowest BCUT2D eigenvalue weighted by Crippen LogP contribution is -2.43. The number of aromatic nitrogens is 2. The summed E-state index contributed by atoms with van der Waals surface area (Å²) in [6, 6.07) is 19.3. The number of rotatable bonds is 5. The zero-order valence-corrected chi connectivity index (χ0v) is 18.1. The molecule has 1 aliphatic rings. The van der Waals surface area contributed by atoms with Crippen LogP contribution in [0.15, 0.2) is 67.0 Å². The molecule has 0 bridgehead atoms. The minimum absolute atomic E-state index is 0.860. The fraction of sp³-hybridized carbons (Fsp3) is 0.269. The average molecular weight is 413 g/mol. The highest BCUT2D eigenvalue weighted by molar-refractivity contribution is 5.95. The van der Waals surface area contributed by atoms with Crippen molar-refractivity contribution in [1.29, 1.82) is 0 Å². The van der Waals surface area contributed by atoms with Gasteiger partial charge < -0.3 is 14.6 Å². The molecular formula is C26H28N4O. The first-order chi connectivity index (χ1) is 15.2. The smallest absolute Gasteiger partial charge is 0.137 e. The molecule has 0 atom stereocenters. The van der Waals surface area contributed by atoms with Crippen LogP contribution in [-0.2, 0) is 6.54 Å². The van der Waals surface area contributed by atoms with Gasteiger partial charge in [-0.1, -0.05) is 36.4 Å². The normalized spacial score (nSPS) is 15.4. The van der Waals surface area contributed by atoms with Crippen LogP contribution in [0.5, 0.6) is 5.75 Å². The van der Waals surface area contributed by atoms with Gasteiger partial charge in [-0.3, -0.25) is 4.90 Å². The summed E-state index contributed by atoms with van der Waals surface area (Å²) in [7, 11) is 3.88. The molecule has 2 aromatic carbocycles. The number of nitrogens with zero attached hydrogens (tertiary/aromatic N) is 3. The van der Waals surface area contributed by atoms with Gasteiger partial charge in [0.25, 0.3) is 0 Å². The average Bonchev–Trinajstić information content (AvgIpc) is 3.24. The van der Waals surface area contributed by atoms with E-state index in [1.165, 1.54) is 11.1 Å². The third kappa shape index (κ3) is 4.20. The standard InChI is InChI=1S/C26H28N4O/c1-29-11-13-30(14-12-29)18-19-3-5-20(6-4-19)22-15-24-25(17-28-26(24)27-16-22)21-7-9-23(31-2)10-8-21/h3-10,15-17H,11-14,18H2,1-2H3,(H,27,28). The molecule has 31 heavy (non-hydrogen) atoms. The van der Waals surface area contributed by atoms with Gasteiger partial charge in [0.2, 0.25) is 0 Å². The zero-order chi connectivity index (χ0) is 21.2. The highest BCUT2D eigenvalue weighted by atomic mass is 16.5. The number of benzene rings is 2. The Bertz CT molecular complexity index is 1160. The van der Waals surface area contributed by atoms with Crippen LogP contribution in [-0.4, -0.2) is 60.1 Å². The third-order valence-corrected chi connectivity index (χ3v) is 6.22. The van der Waals surface area contributed by atoms with Gasteiger partial charge in [-0.15, -0.1) is 0 Å². The van der Waals surface area contributed by atoms with E-state index in [1.807, 2.05) is 24.5 Å². The van der Waals surface area contributed by atoms with Gasteiger partial charge in [-0.2, -0.15) is 0 Å². The first-order valence-corrected chi connectivity index (χ1v) is 10.8. The second-order valence-electron chi connectivity index (χ2n) is 8.33. The lowest BCUT2D eigenvalue weighted by atomic mass is 10.0. The van der Waals surface area contributed by atoms with E-state index in [1.54, 1.807) is 7.11 Å². The van der Waals surface area contributed by atoms with Crippen molar-refractivity contribution in [2.24, 2.45) is 0 Å². The van der Waals surface area contributed by atoms with Crippen molar-refractivity contribution in [3.8, 4) is 28.0 Å². The highest BCUT2D eigenvalue weighted by Gasteiger charge is 2.14. The number of hydrogen-bond acceptors (Lipinski definition) is 4. The summed E-state index contributed by atoms with van der Waals surface area (Å²) < 4.78 is 5.29. The molecule has 3 heterocycles. The van der Waals surface area contributed by atoms with E-state index in [0.717, 1.165) is 66.2 Å². The monoisotopic (exact) mass is 412 g/mol. The molecule has 0 radical (unpaired) electrons. The maximum atomic E-state index is 5.29. The lowest BCUT2D eigenvalue weighted by Gasteiger charge is -2.32. The fourth-order valence-electron chi connectivity index (χ4n) is 4.24. The topological polar surface area (TPSA) is 44.4 Å². The molecule has 1 saturated heterocycles. The summed E-state index contributed by atoms with van der Waals surface area (Å²) in [6.07, 6.45) is 3.98. The highest BCUT2D eigenvalue weighted by Crippen LogP contribution is 2.32. The van der Waals surface area contributed by atoms with Crippen LogP contribution < -0.4 is 4.74 Å². The summed E-state index contributed by atoms with van der Waals surface area (Å²) in [5, 5.41) is 1.13. The molecule has 2 aromatic heterocycles. The fourth-order valence-corrected chi connectivity index (χ4v) is 4.24. The van der Waals surface area contributed by atoms with Crippen LogP contribution in [0.3, 0.4) is 0 Å². The first kappa shape index (κ1) is 19.8. The van der Waals surface area contributed by atoms with Crippen molar-refractivity contribution in [2.75, 3.05) is 40.3 Å². The van der Waals surface area contributed by atoms with Crippen molar-refractivity contribution >= 4 is 11.0 Å². The molecule has 1 aliphatic heterocycles. The minimum atomic E-state index is 0.860. The number of likely N-dealkylation sites (N-methyl/N-ethyl adjacent to an activating group) is 1. The Kier molecular flexibility index (Phi) is 5.45. The number of H-pyrrole nitrogens is 1. The van der Waals surface area contributed by atoms with Gasteiger partial charge in [0.15, 0.2) is 0 Å². The van der Waals surface area contributed by atoms with Crippen molar-refractivity contribution in [3.05, 3.63) is 72.6 Å². The second-order valence-corrected chi connectivity index (χ2v) is 8.33. The largest absolute Gasteiger partial charge is 0.497 e. The predicted octanol–water partition coefficient (Wildman–Crippen LogP) is 4.65. The Balaban J connectivity index is 1.38. The minimum Gasteiger partial charge on any atom is -0.497 e. The van der Waals surface area contributed by atoms with Crippen LogP contribution in [0.2, 0.25) is 0 Å². The summed E-state index contributed by atoms with van der Waals surface area (Å²) in [5.41, 5.74) is 6.89. The van der Waals surface area contributed by atoms with E-state index < -0.39 is 0 Å². The van der Waals surface area contributed by atoms with Gasteiger partial charge in [0.05, 0.1) is 7.11 Å². The number of aromatic amines is 1. The Morgan fingerprint density at radius 2 is 1.61 bits per heavy atom. The van der Waals surface area contributed by atoms with Gasteiger partial charge >= 0.3 is 0 Å². The molecule has 5 nitrogen and oxygen atoms in total.